The molecule has 1 aromatic carbocycles. The molecule has 3 rings (SSSR count). The lowest BCUT2D eigenvalue weighted by Crippen LogP contribution is -2.43. The molecule has 1 saturated carbocycles. The number of esters is 2. The van der Waals surface area contributed by atoms with E-state index in [1.165, 1.54) is 18.1 Å². The van der Waals surface area contributed by atoms with Gasteiger partial charge in [-0.2, -0.15) is 0 Å². The number of benzene rings is 1. The summed E-state index contributed by atoms with van der Waals surface area (Å²) in [6.07, 6.45) is 17.7. The van der Waals surface area contributed by atoms with Crippen LogP contribution in [0.2, 0.25) is 0 Å². The number of carbonyl (C=O) groups excluding carboxylic acids is 2. The standard InChI is InChI=1S/C28H37N3O4/c1-22(2)27(28(33)35-25-9-4-3-5-10-25)30-16-6-11-26(32)34-19-7-8-23-12-14-24(15-13-23)20-31-18-17-29-21-31/h6-8,11-15,17-18,21-22,25,27,30H,3-5,9-10,16,19-20H2,1-2H3/t27-/m0/s1. The quantitative estimate of drug-likeness (QED) is 0.356. The molecule has 0 spiro atoms. The van der Waals surface area contributed by atoms with Crippen LogP contribution in [0, 0.1) is 5.92 Å². The van der Waals surface area contributed by atoms with Crippen LogP contribution in [0.15, 0.2) is 61.2 Å². The number of carbonyl (C=O) groups is 2. The Labute approximate surface area is 208 Å². The van der Waals surface area contributed by atoms with Gasteiger partial charge in [-0.1, -0.05) is 56.7 Å². The van der Waals surface area contributed by atoms with E-state index < -0.39 is 12.0 Å². The third kappa shape index (κ3) is 9.53. The molecule has 1 aliphatic rings. The van der Waals surface area contributed by atoms with Crippen molar-refractivity contribution < 1.29 is 19.1 Å². The van der Waals surface area contributed by atoms with Crippen LogP contribution in [-0.4, -0.2) is 46.8 Å². The molecule has 1 aromatic heterocycles. The van der Waals surface area contributed by atoms with Gasteiger partial charge in [-0.15, -0.1) is 0 Å². The minimum absolute atomic E-state index is 0.0399. The van der Waals surface area contributed by atoms with Crippen LogP contribution in [0.25, 0.3) is 6.08 Å². The number of rotatable bonds is 12. The molecule has 1 fully saturated rings. The van der Waals surface area contributed by atoms with Crippen molar-refractivity contribution in [3.05, 3.63) is 72.3 Å². The number of nitrogens with zero attached hydrogens (tertiary/aromatic N) is 2. The molecule has 7 heteroatoms. The SMILES string of the molecule is CC(C)[C@H](NCC=CC(=O)OCC=Cc1ccc(Cn2ccnc2)cc1)C(=O)OC1CCCCC1. The van der Waals surface area contributed by atoms with E-state index in [2.05, 4.69) is 22.4 Å². The van der Waals surface area contributed by atoms with Gasteiger partial charge in [0.1, 0.15) is 18.8 Å². The Bertz CT molecular complexity index is 959. The molecule has 1 aliphatic carbocycles. The van der Waals surface area contributed by atoms with Gasteiger partial charge in [0.05, 0.1) is 6.33 Å². The number of imidazole rings is 1. The topological polar surface area (TPSA) is 82.5 Å². The fourth-order valence-corrected chi connectivity index (χ4v) is 4.05. The molecule has 188 valence electrons. The molecule has 7 nitrogen and oxygen atoms in total. The molecule has 1 atom stereocenters. The second-order valence-corrected chi connectivity index (χ2v) is 9.24. The number of nitrogens with one attached hydrogen (secondary N) is 1. The van der Waals surface area contributed by atoms with Crippen LogP contribution >= 0.6 is 0 Å². The normalized spacial score (nSPS) is 15.6. The smallest absolute Gasteiger partial charge is 0.330 e. The predicted molar refractivity (Wildman–Crippen MR) is 136 cm³/mol. The first-order valence-electron chi connectivity index (χ1n) is 12.5. The minimum Gasteiger partial charge on any atom is -0.461 e. The summed E-state index contributed by atoms with van der Waals surface area (Å²) >= 11 is 0. The Morgan fingerprint density at radius 2 is 1.91 bits per heavy atom. The molecule has 0 saturated heterocycles. The van der Waals surface area contributed by atoms with Crippen molar-refractivity contribution >= 4 is 18.0 Å². The Morgan fingerprint density at radius 3 is 2.60 bits per heavy atom. The predicted octanol–water partition coefficient (Wildman–Crippen LogP) is 4.53. The van der Waals surface area contributed by atoms with Crippen LogP contribution in [0.3, 0.4) is 0 Å². The molecular weight excluding hydrogens is 442 g/mol. The van der Waals surface area contributed by atoms with Crippen LogP contribution in [0.5, 0.6) is 0 Å². The molecule has 1 heterocycles. The summed E-state index contributed by atoms with van der Waals surface area (Å²) < 4.78 is 12.9. The molecule has 0 bridgehead atoms. The van der Waals surface area contributed by atoms with Crippen molar-refractivity contribution in [3.8, 4) is 0 Å². The molecule has 2 aromatic rings. The zero-order valence-corrected chi connectivity index (χ0v) is 20.8. The first-order valence-corrected chi connectivity index (χ1v) is 12.5. The van der Waals surface area contributed by atoms with Crippen LogP contribution in [0.4, 0.5) is 0 Å². The average molecular weight is 480 g/mol. The van der Waals surface area contributed by atoms with E-state index in [0.717, 1.165) is 37.8 Å². The van der Waals surface area contributed by atoms with E-state index in [0.29, 0.717) is 6.54 Å². The average Bonchev–Trinajstić information content (AvgIpc) is 3.36. The highest BCUT2D eigenvalue weighted by atomic mass is 16.5. The first kappa shape index (κ1) is 26.4. The highest BCUT2D eigenvalue weighted by Crippen LogP contribution is 2.21. The number of aromatic nitrogens is 2. The summed E-state index contributed by atoms with van der Waals surface area (Å²) in [5.74, 6) is -0.530. The van der Waals surface area contributed by atoms with Gasteiger partial charge in [0.2, 0.25) is 0 Å². The van der Waals surface area contributed by atoms with Gasteiger partial charge in [0, 0.05) is 31.6 Å². The Morgan fingerprint density at radius 1 is 1.14 bits per heavy atom. The second-order valence-electron chi connectivity index (χ2n) is 9.24. The number of hydrogen-bond acceptors (Lipinski definition) is 6. The van der Waals surface area contributed by atoms with Crippen molar-refractivity contribution in [2.75, 3.05) is 13.2 Å². The summed E-state index contributed by atoms with van der Waals surface area (Å²) in [5.41, 5.74) is 2.22. The maximum atomic E-state index is 12.6. The highest BCUT2D eigenvalue weighted by Gasteiger charge is 2.26. The van der Waals surface area contributed by atoms with E-state index in [1.54, 1.807) is 18.6 Å². The minimum atomic E-state index is -0.419. The van der Waals surface area contributed by atoms with Gasteiger partial charge < -0.3 is 19.4 Å². The van der Waals surface area contributed by atoms with Gasteiger partial charge in [-0.3, -0.25) is 4.79 Å². The molecular formula is C28H37N3O4. The van der Waals surface area contributed by atoms with Crippen LogP contribution in [-0.2, 0) is 25.6 Å². The summed E-state index contributed by atoms with van der Waals surface area (Å²) in [7, 11) is 0. The van der Waals surface area contributed by atoms with E-state index in [-0.39, 0.29) is 24.6 Å². The van der Waals surface area contributed by atoms with Crippen molar-refractivity contribution in [2.45, 2.75) is 64.6 Å². The van der Waals surface area contributed by atoms with Crippen molar-refractivity contribution in [2.24, 2.45) is 5.92 Å². The zero-order chi connectivity index (χ0) is 24.9. The van der Waals surface area contributed by atoms with Crippen molar-refractivity contribution in [1.29, 1.82) is 0 Å². The lowest BCUT2D eigenvalue weighted by Gasteiger charge is -2.26. The molecule has 0 amide bonds. The van der Waals surface area contributed by atoms with E-state index in [1.807, 2.05) is 48.9 Å². The van der Waals surface area contributed by atoms with Crippen molar-refractivity contribution in [1.82, 2.24) is 14.9 Å². The third-order valence-electron chi connectivity index (χ3n) is 6.00. The second kappa shape index (κ2) is 14.3. The van der Waals surface area contributed by atoms with Gasteiger partial charge in [0.25, 0.3) is 0 Å². The van der Waals surface area contributed by atoms with Crippen LogP contribution < -0.4 is 5.32 Å². The summed E-state index contributed by atoms with van der Waals surface area (Å²) in [5, 5.41) is 3.18. The fourth-order valence-electron chi connectivity index (χ4n) is 4.05. The molecule has 0 unspecified atom stereocenters. The van der Waals surface area contributed by atoms with E-state index in [4.69, 9.17) is 9.47 Å². The highest BCUT2D eigenvalue weighted by molar-refractivity contribution is 5.82. The van der Waals surface area contributed by atoms with Crippen LogP contribution in [0.1, 0.15) is 57.1 Å². The van der Waals surface area contributed by atoms with Crippen molar-refractivity contribution in [3.63, 3.8) is 0 Å². The first-order chi connectivity index (χ1) is 17.0. The summed E-state index contributed by atoms with van der Waals surface area (Å²) in [4.78, 5) is 28.6. The molecule has 0 aliphatic heterocycles. The Hall–Kier alpha value is -3.19. The lowest BCUT2D eigenvalue weighted by molar-refractivity contribution is -0.154. The number of ether oxygens (including phenoxy) is 2. The Kier molecular flexibility index (Phi) is 10.8. The van der Waals surface area contributed by atoms with E-state index in [9.17, 15) is 9.59 Å². The maximum absolute atomic E-state index is 12.6. The molecule has 35 heavy (non-hydrogen) atoms. The molecule has 1 N–H and O–H groups in total. The fraction of sp³-hybridized carbons (Fsp3) is 0.464. The largest absolute Gasteiger partial charge is 0.461 e. The zero-order valence-electron chi connectivity index (χ0n) is 20.8. The van der Waals surface area contributed by atoms with Gasteiger partial charge >= 0.3 is 11.9 Å². The van der Waals surface area contributed by atoms with Gasteiger partial charge in [-0.25, -0.2) is 9.78 Å². The lowest BCUT2D eigenvalue weighted by atomic mass is 9.97. The number of hydrogen-bond donors (Lipinski definition) is 1. The summed E-state index contributed by atoms with van der Waals surface area (Å²) in [6, 6.07) is 7.79. The van der Waals surface area contributed by atoms with Gasteiger partial charge in [-0.05, 0) is 48.8 Å². The summed E-state index contributed by atoms with van der Waals surface area (Å²) in [6.45, 7) is 5.33. The van der Waals surface area contributed by atoms with Gasteiger partial charge in [0.15, 0.2) is 0 Å². The Balaban J connectivity index is 1.34. The van der Waals surface area contributed by atoms with E-state index >= 15 is 0 Å². The maximum Gasteiger partial charge on any atom is 0.330 e. The molecule has 0 radical (unpaired) electrons. The monoisotopic (exact) mass is 479 g/mol. The third-order valence-corrected chi connectivity index (χ3v) is 6.00.